The van der Waals surface area contributed by atoms with Gasteiger partial charge in [-0.3, -0.25) is 0 Å². The molecule has 3 heteroatoms. The SMILES string of the molecule is Cc1cccc(O)c1.Cc1ccccc1O.Oc1ccccc1. The van der Waals surface area contributed by atoms with Gasteiger partial charge in [-0.1, -0.05) is 48.5 Å². The van der Waals surface area contributed by atoms with Gasteiger partial charge < -0.3 is 15.3 Å². The van der Waals surface area contributed by atoms with E-state index in [2.05, 4.69) is 0 Å². The molecule has 0 aliphatic rings. The summed E-state index contributed by atoms with van der Waals surface area (Å²) >= 11 is 0. The number of phenols is 3. The average Bonchev–Trinajstić information content (AvgIpc) is 2.52. The minimum absolute atomic E-state index is 0.322. The second kappa shape index (κ2) is 9.90. The maximum Gasteiger partial charge on any atom is 0.118 e. The zero-order chi connectivity index (χ0) is 17.1. The van der Waals surface area contributed by atoms with E-state index < -0.39 is 0 Å². The summed E-state index contributed by atoms with van der Waals surface area (Å²) < 4.78 is 0. The molecular weight excluding hydrogens is 288 g/mol. The third-order valence-electron chi connectivity index (χ3n) is 2.87. The van der Waals surface area contributed by atoms with E-state index in [4.69, 9.17) is 15.3 Å². The van der Waals surface area contributed by atoms with Crippen LogP contribution in [0, 0.1) is 13.8 Å². The van der Waals surface area contributed by atoms with Gasteiger partial charge in [-0.15, -0.1) is 0 Å². The second-order valence-electron chi connectivity index (χ2n) is 4.96. The highest BCUT2D eigenvalue weighted by Gasteiger charge is 1.87. The molecule has 0 unspecified atom stereocenters. The lowest BCUT2D eigenvalue weighted by molar-refractivity contribution is 0.471. The molecule has 0 aliphatic carbocycles. The molecule has 0 spiro atoms. The Hall–Kier alpha value is -2.94. The molecule has 0 amide bonds. The molecule has 3 N–H and O–H groups in total. The van der Waals surface area contributed by atoms with Gasteiger partial charge in [0.2, 0.25) is 0 Å². The Morgan fingerprint density at radius 2 is 1.13 bits per heavy atom. The van der Waals surface area contributed by atoms with Crippen molar-refractivity contribution in [3.8, 4) is 17.2 Å². The fourth-order valence-electron chi connectivity index (χ4n) is 1.62. The quantitative estimate of drug-likeness (QED) is 0.559. The van der Waals surface area contributed by atoms with Gasteiger partial charge in [0.1, 0.15) is 17.2 Å². The summed E-state index contributed by atoms with van der Waals surface area (Å²) in [4.78, 5) is 0. The fourth-order valence-corrected chi connectivity index (χ4v) is 1.62. The number of aromatic hydroxyl groups is 3. The molecule has 3 aromatic rings. The van der Waals surface area contributed by atoms with Crippen molar-refractivity contribution >= 4 is 0 Å². The van der Waals surface area contributed by atoms with Crippen LogP contribution in [-0.2, 0) is 0 Å². The highest BCUT2D eigenvalue weighted by molar-refractivity contribution is 5.29. The van der Waals surface area contributed by atoms with Gasteiger partial charge in [-0.2, -0.15) is 0 Å². The Balaban J connectivity index is 0.000000173. The van der Waals surface area contributed by atoms with Crippen LogP contribution in [0.3, 0.4) is 0 Å². The summed E-state index contributed by atoms with van der Waals surface area (Å²) in [6.07, 6.45) is 0. The summed E-state index contributed by atoms with van der Waals surface area (Å²) in [6.45, 7) is 3.81. The monoisotopic (exact) mass is 310 g/mol. The third kappa shape index (κ3) is 8.17. The maximum atomic E-state index is 8.92. The standard InChI is InChI=1S/2C7H8O.C6H6O/c1-6-3-2-4-7(8)5-6;1-6-4-2-3-5-7(6)8;7-6-4-2-1-3-5-6/h2*2-5,8H,1H3;1-5,7H. The minimum atomic E-state index is 0.322. The average molecular weight is 310 g/mol. The van der Waals surface area contributed by atoms with Crippen molar-refractivity contribution in [3.63, 3.8) is 0 Å². The van der Waals surface area contributed by atoms with Crippen molar-refractivity contribution in [2.24, 2.45) is 0 Å². The summed E-state index contributed by atoms with van der Waals surface area (Å²) in [5.74, 6) is 1.03. The lowest BCUT2D eigenvalue weighted by Crippen LogP contribution is -1.68. The van der Waals surface area contributed by atoms with E-state index in [1.54, 1.807) is 42.5 Å². The molecule has 3 aromatic carbocycles. The van der Waals surface area contributed by atoms with E-state index in [1.165, 1.54) is 0 Å². The van der Waals surface area contributed by atoms with Crippen LogP contribution in [0.4, 0.5) is 0 Å². The van der Waals surface area contributed by atoms with Crippen molar-refractivity contribution in [1.82, 2.24) is 0 Å². The van der Waals surface area contributed by atoms with Crippen LogP contribution < -0.4 is 0 Å². The first-order valence-electron chi connectivity index (χ1n) is 7.23. The van der Waals surface area contributed by atoms with Crippen LogP contribution >= 0.6 is 0 Å². The molecule has 0 bridgehead atoms. The van der Waals surface area contributed by atoms with Crippen LogP contribution in [0.1, 0.15) is 11.1 Å². The lowest BCUT2D eigenvalue weighted by atomic mass is 10.2. The minimum Gasteiger partial charge on any atom is -0.508 e. The van der Waals surface area contributed by atoms with E-state index in [0.29, 0.717) is 17.2 Å². The first-order chi connectivity index (χ1) is 11.0. The molecule has 0 atom stereocenters. The zero-order valence-corrected chi connectivity index (χ0v) is 13.3. The van der Waals surface area contributed by atoms with Crippen LogP contribution in [0.2, 0.25) is 0 Å². The van der Waals surface area contributed by atoms with Gasteiger partial charge >= 0.3 is 0 Å². The molecule has 0 saturated heterocycles. The van der Waals surface area contributed by atoms with E-state index in [1.807, 2.05) is 50.2 Å². The molecule has 120 valence electrons. The maximum absolute atomic E-state index is 8.92. The third-order valence-corrected chi connectivity index (χ3v) is 2.87. The van der Waals surface area contributed by atoms with Crippen molar-refractivity contribution in [3.05, 3.63) is 90.0 Å². The number of rotatable bonds is 0. The van der Waals surface area contributed by atoms with Gasteiger partial charge in [0.25, 0.3) is 0 Å². The summed E-state index contributed by atoms with van der Waals surface area (Å²) in [5.41, 5.74) is 2.01. The fraction of sp³-hybridized carbons (Fsp3) is 0.100. The highest BCUT2D eigenvalue weighted by Crippen LogP contribution is 2.12. The van der Waals surface area contributed by atoms with Crippen LogP contribution in [0.5, 0.6) is 17.2 Å². The predicted octanol–water partition coefficient (Wildman–Crippen LogP) is 4.79. The van der Waals surface area contributed by atoms with Crippen LogP contribution in [0.15, 0.2) is 78.9 Å². The number of benzene rings is 3. The molecular formula is C20H22O3. The van der Waals surface area contributed by atoms with Gasteiger partial charge in [-0.25, -0.2) is 0 Å². The Morgan fingerprint density at radius 3 is 1.48 bits per heavy atom. The van der Waals surface area contributed by atoms with Gasteiger partial charge in [0.15, 0.2) is 0 Å². The number of aryl methyl sites for hydroxylation is 2. The van der Waals surface area contributed by atoms with E-state index >= 15 is 0 Å². The molecule has 0 aliphatic heterocycles. The van der Waals surface area contributed by atoms with Crippen LogP contribution in [0.25, 0.3) is 0 Å². The number of para-hydroxylation sites is 2. The number of hydrogen-bond donors (Lipinski definition) is 3. The Kier molecular flexibility index (Phi) is 7.79. The van der Waals surface area contributed by atoms with Gasteiger partial charge in [0.05, 0.1) is 0 Å². The second-order valence-corrected chi connectivity index (χ2v) is 4.96. The molecule has 3 nitrogen and oxygen atoms in total. The van der Waals surface area contributed by atoms with E-state index in [-0.39, 0.29) is 0 Å². The van der Waals surface area contributed by atoms with E-state index in [9.17, 15) is 0 Å². The molecule has 3 rings (SSSR count). The molecule has 0 fully saturated rings. The lowest BCUT2D eigenvalue weighted by Gasteiger charge is -1.92. The van der Waals surface area contributed by atoms with Crippen molar-refractivity contribution in [1.29, 1.82) is 0 Å². The van der Waals surface area contributed by atoms with Crippen molar-refractivity contribution in [2.45, 2.75) is 13.8 Å². The highest BCUT2D eigenvalue weighted by atomic mass is 16.3. The molecule has 0 saturated carbocycles. The smallest absolute Gasteiger partial charge is 0.118 e. The van der Waals surface area contributed by atoms with Crippen molar-refractivity contribution < 1.29 is 15.3 Å². The number of hydrogen-bond acceptors (Lipinski definition) is 3. The topological polar surface area (TPSA) is 60.7 Å². The van der Waals surface area contributed by atoms with E-state index in [0.717, 1.165) is 11.1 Å². The first kappa shape index (κ1) is 18.1. The molecule has 0 heterocycles. The molecule has 0 aromatic heterocycles. The van der Waals surface area contributed by atoms with Gasteiger partial charge in [0, 0.05) is 0 Å². The van der Waals surface area contributed by atoms with Crippen molar-refractivity contribution in [2.75, 3.05) is 0 Å². The summed E-state index contributed by atoms with van der Waals surface area (Å²) in [6, 6.07) is 23.1. The largest absolute Gasteiger partial charge is 0.508 e. The van der Waals surface area contributed by atoms with Crippen LogP contribution in [-0.4, -0.2) is 15.3 Å². The predicted molar refractivity (Wildman–Crippen MR) is 93.8 cm³/mol. The summed E-state index contributed by atoms with van der Waals surface area (Å²) in [5, 5.41) is 26.4. The summed E-state index contributed by atoms with van der Waals surface area (Å²) in [7, 11) is 0. The molecule has 0 radical (unpaired) electrons. The molecule has 23 heavy (non-hydrogen) atoms. The Bertz CT molecular complexity index is 656. The Morgan fingerprint density at radius 1 is 0.565 bits per heavy atom. The zero-order valence-electron chi connectivity index (χ0n) is 13.3. The van der Waals surface area contributed by atoms with Gasteiger partial charge in [-0.05, 0) is 55.3 Å². The normalized spacial score (nSPS) is 8.96. The Labute approximate surface area is 137 Å². The first-order valence-corrected chi connectivity index (χ1v) is 7.23. The number of phenolic OH excluding ortho intramolecular Hbond substituents is 3.